The molecule has 0 saturated heterocycles. The molecular formula is C48H34N4Si. The first-order valence-electron chi connectivity index (χ1n) is 18.3. The smallest absolute Gasteiger partial charge is 0.159 e. The summed E-state index contributed by atoms with van der Waals surface area (Å²) in [5, 5.41) is 7.65. The Morgan fingerprint density at radius 3 is 1.85 bits per heavy atom. The van der Waals surface area contributed by atoms with E-state index in [0.29, 0.717) is 0 Å². The van der Waals surface area contributed by atoms with Gasteiger partial charge in [-0.2, -0.15) is 0 Å². The molecule has 0 amide bonds. The Hall–Kier alpha value is -6.56. The summed E-state index contributed by atoms with van der Waals surface area (Å²) in [7, 11) is -2.05. The van der Waals surface area contributed by atoms with E-state index in [4.69, 9.17) is 9.97 Å². The standard InChI is InChI=1S/C48H34N4Si/c1-53(2)42-24-14-11-21-38(42)44-45(49-47(50-48(44)53)32-15-5-3-6-16-32)31-25-27-34(28-26-31)51-40-23-13-10-20-37(40)43-41(51)30-29-36-35-19-9-12-22-39(35)52(46(36)43)33-17-7-4-8-18-33/h3-30H,1-2H3. The molecule has 0 bridgehead atoms. The van der Waals surface area contributed by atoms with Crippen LogP contribution in [0.3, 0.4) is 0 Å². The molecule has 250 valence electrons. The van der Waals surface area contributed by atoms with E-state index in [-0.39, 0.29) is 0 Å². The Balaban J connectivity index is 1.15. The molecular weight excluding hydrogens is 661 g/mol. The molecule has 7 aromatic carbocycles. The number of hydrogen-bond acceptors (Lipinski definition) is 2. The molecule has 1 aliphatic rings. The minimum atomic E-state index is -2.05. The van der Waals surface area contributed by atoms with Crippen LogP contribution in [-0.2, 0) is 0 Å². The molecule has 4 nitrogen and oxygen atoms in total. The number of nitrogens with zero attached hydrogens (tertiary/aromatic N) is 4. The lowest BCUT2D eigenvalue weighted by Crippen LogP contribution is -2.50. The normalized spacial score (nSPS) is 13.2. The van der Waals surface area contributed by atoms with Crippen LogP contribution in [0.1, 0.15) is 0 Å². The highest BCUT2D eigenvalue weighted by Gasteiger charge is 2.41. The molecule has 0 fully saturated rings. The van der Waals surface area contributed by atoms with Gasteiger partial charge in [0.1, 0.15) is 8.07 Å². The predicted octanol–water partition coefficient (Wildman–Crippen LogP) is 10.8. The summed E-state index contributed by atoms with van der Waals surface area (Å²) in [6.07, 6.45) is 0. The van der Waals surface area contributed by atoms with Crippen LogP contribution < -0.4 is 10.5 Å². The van der Waals surface area contributed by atoms with Crippen molar-refractivity contribution in [3.05, 3.63) is 170 Å². The highest BCUT2D eigenvalue weighted by atomic mass is 28.3. The predicted molar refractivity (Wildman–Crippen MR) is 224 cm³/mol. The van der Waals surface area contributed by atoms with Crippen LogP contribution in [0.25, 0.3) is 88.8 Å². The van der Waals surface area contributed by atoms with Gasteiger partial charge in [0.2, 0.25) is 0 Å². The van der Waals surface area contributed by atoms with E-state index in [1.54, 1.807) is 0 Å². The summed E-state index contributed by atoms with van der Waals surface area (Å²) in [6.45, 7) is 4.84. The minimum Gasteiger partial charge on any atom is -0.309 e. The number of rotatable bonds is 4. The third-order valence-electron chi connectivity index (χ3n) is 11.3. The molecule has 5 heteroatoms. The van der Waals surface area contributed by atoms with Gasteiger partial charge in [-0.3, -0.25) is 0 Å². The minimum absolute atomic E-state index is 0.789. The van der Waals surface area contributed by atoms with Crippen LogP contribution in [0.2, 0.25) is 13.1 Å². The van der Waals surface area contributed by atoms with Crippen molar-refractivity contribution in [2.45, 2.75) is 13.1 Å². The highest BCUT2D eigenvalue weighted by molar-refractivity contribution is 7.03. The lowest BCUT2D eigenvalue weighted by Gasteiger charge is -2.19. The zero-order valence-corrected chi connectivity index (χ0v) is 30.5. The Bertz CT molecular complexity index is 3070. The second kappa shape index (κ2) is 11.2. The number of aromatic nitrogens is 4. The molecule has 0 aliphatic carbocycles. The van der Waals surface area contributed by atoms with Gasteiger partial charge in [-0.15, -0.1) is 0 Å². The molecule has 0 atom stereocenters. The first-order chi connectivity index (χ1) is 26.1. The highest BCUT2D eigenvalue weighted by Crippen LogP contribution is 2.42. The van der Waals surface area contributed by atoms with Crippen molar-refractivity contribution in [1.82, 2.24) is 19.1 Å². The van der Waals surface area contributed by atoms with Crippen LogP contribution in [0, 0.1) is 0 Å². The van der Waals surface area contributed by atoms with Crippen LogP contribution >= 0.6 is 0 Å². The number of para-hydroxylation sites is 3. The van der Waals surface area contributed by atoms with Gasteiger partial charge in [0.05, 0.1) is 27.8 Å². The summed E-state index contributed by atoms with van der Waals surface area (Å²) < 4.78 is 4.86. The molecule has 53 heavy (non-hydrogen) atoms. The van der Waals surface area contributed by atoms with Crippen molar-refractivity contribution in [2.24, 2.45) is 0 Å². The fraction of sp³-hybridized carbons (Fsp3) is 0.0417. The molecule has 0 spiro atoms. The van der Waals surface area contributed by atoms with Crippen molar-refractivity contribution in [1.29, 1.82) is 0 Å². The fourth-order valence-corrected chi connectivity index (χ4v) is 11.8. The van der Waals surface area contributed by atoms with Crippen LogP contribution in [0.5, 0.6) is 0 Å². The Morgan fingerprint density at radius 2 is 1.08 bits per heavy atom. The van der Waals surface area contributed by atoms with Gasteiger partial charge in [-0.05, 0) is 53.2 Å². The number of benzene rings is 7. The lowest BCUT2D eigenvalue weighted by atomic mass is 10.00. The van der Waals surface area contributed by atoms with E-state index < -0.39 is 8.07 Å². The Labute approximate surface area is 308 Å². The van der Waals surface area contributed by atoms with E-state index in [1.807, 2.05) is 6.07 Å². The first kappa shape index (κ1) is 30.1. The third-order valence-corrected chi connectivity index (χ3v) is 14.6. The second-order valence-corrected chi connectivity index (χ2v) is 18.9. The molecule has 4 heterocycles. The monoisotopic (exact) mass is 694 g/mol. The van der Waals surface area contributed by atoms with E-state index in [2.05, 4.69) is 186 Å². The van der Waals surface area contributed by atoms with Gasteiger partial charge in [-0.25, -0.2) is 9.97 Å². The largest absolute Gasteiger partial charge is 0.309 e. The van der Waals surface area contributed by atoms with E-state index in [9.17, 15) is 0 Å². The summed E-state index contributed by atoms with van der Waals surface area (Å²) in [6, 6.07) is 61.3. The molecule has 3 aromatic heterocycles. The fourth-order valence-electron chi connectivity index (χ4n) is 8.87. The molecule has 0 unspecified atom stereocenters. The quantitative estimate of drug-likeness (QED) is 0.172. The molecule has 10 aromatic rings. The second-order valence-electron chi connectivity index (χ2n) is 14.6. The summed E-state index contributed by atoms with van der Waals surface area (Å²) >= 11 is 0. The molecule has 0 saturated carbocycles. The van der Waals surface area contributed by atoms with Crippen LogP contribution in [0.15, 0.2) is 170 Å². The van der Waals surface area contributed by atoms with Crippen molar-refractivity contribution in [2.75, 3.05) is 0 Å². The van der Waals surface area contributed by atoms with Gasteiger partial charge in [0.25, 0.3) is 0 Å². The average molecular weight is 695 g/mol. The first-order valence-corrected chi connectivity index (χ1v) is 21.3. The maximum absolute atomic E-state index is 5.34. The van der Waals surface area contributed by atoms with Crippen molar-refractivity contribution in [3.63, 3.8) is 0 Å². The summed E-state index contributed by atoms with van der Waals surface area (Å²) in [4.78, 5) is 10.7. The maximum Gasteiger partial charge on any atom is 0.159 e. The molecule has 1 aliphatic heterocycles. The van der Waals surface area contributed by atoms with E-state index in [0.717, 1.165) is 34.0 Å². The maximum atomic E-state index is 5.34. The molecule has 0 N–H and O–H groups in total. The molecule has 11 rings (SSSR count). The van der Waals surface area contributed by atoms with Crippen LogP contribution in [0.4, 0.5) is 0 Å². The zero-order valence-electron chi connectivity index (χ0n) is 29.5. The van der Waals surface area contributed by atoms with Gasteiger partial charge in [0.15, 0.2) is 5.82 Å². The van der Waals surface area contributed by atoms with Gasteiger partial charge in [-0.1, -0.05) is 140 Å². The SMILES string of the molecule is C[Si]1(C)c2ccccc2-c2c(-c3ccc(-n4c5ccccc5c5c4ccc4c6ccccc6n(-c6ccccc6)c45)cc3)nc(-c3ccccc3)nc21. The van der Waals surface area contributed by atoms with E-state index >= 15 is 0 Å². The summed E-state index contributed by atoms with van der Waals surface area (Å²) in [5.74, 6) is 0.789. The van der Waals surface area contributed by atoms with Crippen LogP contribution in [-0.4, -0.2) is 27.2 Å². The number of hydrogen-bond donors (Lipinski definition) is 0. The zero-order chi connectivity index (χ0) is 35.3. The molecule has 0 radical (unpaired) electrons. The summed E-state index contributed by atoms with van der Waals surface area (Å²) in [5.41, 5.74) is 12.7. The van der Waals surface area contributed by atoms with Crippen molar-refractivity contribution < 1.29 is 0 Å². The topological polar surface area (TPSA) is 35.6 Å². The van der Waals surface area contributed by atoms with E-state index in [1.165, 1.54) is 65.2 Å². The van der Waals surface area contributed by atoms with Gasteiger partial charge in [0, 0.05) is 54.9 Å². The lowest BCUT2D eigenvalue weighted by molar-refractivity contribution is 1.17. The Kier molecular flexibility index (Phi) is 6.37. The third kappa shape index (κ3) is 4.29. The van der Waals surface area contributed by atoms with Crippen molar-refractivity contribution >= 4 is 62.2 Å². The van der Waals surface area contributed by atoms with Gasteiger partial charge < -0.3 is 9.13 Å². The number of fused-ring (bicyclic) bond motifs is 10. The van der Waals surface area contributed by atoms with Gasteiger partial charge >= 0.3 is 0 Å². The Morgan fingerprint density at radius 1 is 0.453 bits per heavy atom. The average Bonchev–Trinajstić information content (AvgIpc) is 3.82. The van der Waals surface area contributed by atoms with Crippen molar-refractivity contribution in [3.8, 4) is 45.1 Å².